The van der Waals surface area contributed by atoms with Crippen LogP contribution in [0.1, 0.15) is 26.7 Å². The van der Waals surface area contributed by atoms with Crippen LogP contribution in [0, 0.1) is 5.92 Å². The number of morpholine rings is 1. The molecule has 3 N–H and O–H groups in total. The number of carbonyl (C=O) groups excluding carboxylic acids is 2. The van der Waals surface area contributed by atoms with Crippen molar-refractivity contribution >= 4 is 13.1 Å². The molecular formula is C15H31N3O3. The fourth-order valence-corrected chi connectivity index (χ4v) is 2.41. The Morgan fingerprint density at radius 1 is 1.33 bits per heavy atom. The summed E-state index contributed by atoms with van der Waals surface area (Å²) in [6.45, 7) is 10.5. The van der Waals surface area contributed by atoms with Crippen LogP contribution in [0.15, 0.2) is 0 Å². The number of nitrogens with one attached hydrogen (secondary N) is 3. The molecule has 1 fully saturated rings. The second kappa shape index (κ2) is 11.8. The lowest BCUT2D eigenvalue weighted by Gasteiger charge is -2.38. The van der Waals surface area contributed by atoms with Gasteiger partial charge in [-0.1, -0.05) is 13.8 Å². The SMILES string of the molecule is C=O.CNCCC1(CCNC(C=O)C(C)C)CNCCO1. The molecule has 0 aliphatic carbocycles. The van der Waals surface area contributed by atoms with Crippen LogP contribution in [0.5, 0.6) is 0 Å². The Kier molecular flexibility index (Phi) is 11.3. The minimum Gasteiger partial charge on any atom is -0.372 e. The summed E-state index contributed by atoms with van der Waals surface area (Å²) in [6, 6.07) is -0.0575. The summed E-state index contributed by atoms with van der Waals surface area (Å²) in [6.07, 6.45) is 2.93. The second-order valence-corrected chi connectivity index (χ2v) is 5.67. The Bertz CT molecular complexity index is 269. The van der Waals surface area contributed by atoms with Crippen LogP contribution in [0.2, 0.25) is 0 Å². The van der Waals surface area contributed by atoms with Crippen LogP contribution in [0.25, 0.3) is 0 Å². The maximum atomic E-state index is 11.0. The molecule has 0 amide bonds. The molecular weight excluding hydrogens is 270 g/mol. The third-order valence-electron chi connectivity index (χ3n) is 3.79. The van der Waals surface area contributed by atoms with Gasteiger partial charge in [0.05, 0.1) is 18.2 Å². The van der Waals surface area contributed by atoms with E-state index in [0.717, 1.165) is 51.9 Å². The zero-order valence-electron chi connectivity index (χ0n) is 13.6. The van der Waals surface area contributed by atoms with E-state index >= 15 is 0 Å². The van der Waals surface area contributed by atoms with Gasteiger partial charge in [-0.05, 0) is 38.9 Å². The van der Waals surface area contributed by atoms with Gasteiger partial charge < -0.3 is 30.3 Å². The Morgan fingerprint density at radius 2 is 2.00 bits per heavy atom. The molecule has 0 spiro atoms. The quantitative estimate of drug-likeness (QED) is 0.519. The summed E-state index contributed by atoms with van der Waals surface area (Å²) in [5.74, 6) is 0.330. The molecule has 0 saturated carbocycles. The van der Waals surface area contributed by atoms with Gasteiger partial charge in [0, 0.05) is 13.1 Å². The van der Waals surface area contributed by atoms with Gasteiger partial charge in [-0.3, -0.25) is 0 Å². The zero-order valence-corrected chi connectivity index (χ0v) is 13.6. The van der Waals surface area contributed by atoms with Gasteiger partial charge in [0.15, 0.2) is 0 Å². The monoisotopic (exact) mass is 301 g/mol. The van der Waals surface area contributed by atoms with Crippen LogP contribution in [-0.2, 0) is 14.3 Å². The summed E-state index contributed by atoms with van der Waals surface area (Å²) in [4.78, 5) is 19.0. The lowest BCUT2D eigenvalue weighted by molar-refractivity contribution is -0.110. The number of rotatable bonds is 9. The molecule has 0 radical (unpaired) electrons. The fourth-order valence-electron chi connectivity index (χ4n) is 2.41. The number of ether oxygens (including phenoxy) is 1. The molecule has 2 atom stereocenters. The highest BCUT2D eigenvalue weighted by Crippen LogP contribution is 2.21. The first kappa shape index (κ1) is 20.2. The van der Waals surface area contributed by atoms with E-state index in [0.29, 0.717) is 5.92 Å². The van der Waals surface area contributed by atoms with Gasteiger partial charge in [-0.2, -0.15) is 0 Å². The molecule has 1 rings (SSSR count). The normalized spacial score (nSPS) is 23.2. The lowest BCUT2D eigenvalue weighted by Crippen LogP contribution is -2.52. The fraction of sp³-hybridized carbons (Fsp3) is 0.867. The second-order valence-electron chi connectivity index (χ2n) is 5.67. The van der Waals surface area contributed by atoms with E-state index in [9.17, 15) is 4.79 Å². The summed E-state index contributed by atoms with van der Waals surface area (Å²) in [5.41, 5.74) is -0.0985. The van der Waals surface area contributed by atoms with E-state index in [2.05, 4.69) is 29.8 Å². The minimum atomic E-state index is -0.0985. The van der Waals surface area contributed by atoms with Crippen molar-refractivity contribution in [1.29, 1.82) is 0 Å². The molecule has 21 heavy (non-hydrogen) atoms. The molecule has 0 aromatic rings. The average molecular weight is 301 g/mol. The zero-order chi connectivity index (χ0) is 16.1. The van der Waals surface area contributed by atoms with Gasteiger partial charge in [0.25, 0.3) is 0 Å². The number of hydrogen-bond donors (Lipinski definition) is 3. The molecule has 1 aliphatic heterocycles. The average Bonchev–Trinajstić information content (AvgIpc) is 2.52. The highest BCUT2D eigenvalue weighted by molar-refractivity contribution is 5.57. The molecule has 1 saturated heterocycles. The number of hydrogen-bond acceptors (Lipinski definition) is 6. The van der Waals surface area contributed by atoms with E-state index < -0.39 is 0 Å². The maximum absolute atomic E-state index is 11.0. The van der Waals surface area contributed by atoms with Gasteiger partial charge in [0.1, 0.15) is 13.1 Å². The minimum absolute atomic E-state index is 0.0575. The van der Waals surface area contributed by atoms with Crippen molar-refractivity contribution in [2.75, 3.05) is 39.8 Å². The lowest BCUT2D eigenvalue weighted by atomic mass is 9.93. The molecule has 2 unspecified atom stereocenters. The first-order valence-corrected chi connectivity index (χ1v) is 7.60. The molecule has 124 valence electrons. The van der Waals surface area contributed by atoms with Crippen LogP contribution >= 0.6 is 0 Å². The maximum Gasteiger partial charge on any atom is 0.137 e. The Labute approximate surface area is 128 Å². The van der Waals surface area contributed by atoms with Crippen molar-refractivity contribution in [3.05, 3.63) is 0 Å². The number of aldehydes is 1. The van der Waals surface area contributed by atoms with Crippen molar-refractivity contribution in [3.8, 4) is 0 Å². The van der Waals surface area contributed by atoms with Crippen molar-refractivity contribution in [2.24, 2.45) is 5.92 Å². The van der Waals surface area contributed by atoms with Crippen LogP contribution in [0.3, 0.4) is 0 Å². The predicted molar refractivity (Wildman–Crippen MR) is 84.5 cm³/mol. The molecule has 1 heterocycles. The highest BCUT2D eigenvalue weighted by Gasteiger charge is 2.32. The largest absolute Gasteiger partial charge is 0.372 e. The van der Waals surface area contributed by atoms with Crippen molar-refractivity contribution in [1.82, 2.24) is 16.0 Å². The summed E-state index contributed by atoms with van der Waals surface area (Å²) in [7, 11) is 1.96. The van der Waals surface area contributed by atoms with Crippen molar-refractivity contribution in [3.63, 3.8) is 0 Å². The Hall–Kier alpha value is -0.820. The molecule has 6 heteroatoms. The van der Waals surface area contributed by atoms with Gasteiger partial charge >= 0.3 is 0 Å². The molecule has 0 aromatic heterocycles. The van der Waals surface area contributed by atoms with Crippen LogP contribution in [0.4, 0.5) is 0 Å². The van der Waals surface area contributed by atoms with E-state index in [-0.39, 0.29) is 11.6 Å². The first-order chi connectivity index (χ1) is 10.1. The summed E-state index contributed by atoms with van der Waals surface area (Å²) < 4.78 is 6.01. The highest BCUT2D eigenvalue weighted by atomic mass is 16.5. The molecule has 6 nitrogen and oxygen atoms in total. The van der Waals surface area contributed by atoms with E-state index in [1.807, 2.05) is 13.8 Å². The van der Waals surface area contributed by atoms with E-state index in [1.54, 1.807) is 0 Å². The van der Waals surface area contributed by atoms with Gasteiger partial charge in [0.2, 0.25) is 0 Å². The Balaban J connectivity index is 0.00000191. The van der Waals surface area contributed by atoms with E-state index in [4.69, 9.17) is 9.53 Å². The topological polar surface area (TPSA) is 79.5 Å². The molecule has 0 bridgehead atoms. The van der Waals surface area contributed by atoms with Crippen molar-refractivity contribution < 1.29 is 14.3 Å². The molecule has 1 aliphatic rings. The van der Waals surface area contributed by atoms with E-state index in [1.165, 1.54) is 0 Å². The van der Waals surface area contributed by atoms with Crippen molar-refractivity contribution in [2.45, 2.75) is 38.3 Å². The smallest absolute Gasteiger partial charge is 0.137 e. The summed E-state index contributed by atoms with van der Waals surface area (Å²) >= 11 is 0. The third kappa shape index (κ3) is 7.66. The van der Waals surface area contributed by atoms with Crippen LogP contribution in [-0.4, -0.2) is 64.6 Å². The standard InChI is InChI=1S/C14H29N3O2.CH2O/c1-12(2)13(10-18)17-7-5-14(4-6-15-3)11-16-8-9-19-14;1-2/h10,12-13,15-17H,4-9,11H2,1-3H3;1H2. The third-order valence-corrected chi connectivity index (χ3v) is 3.79. The molecule has 0 aromatic carbocycles. The number of carbonyl (C=O) groups is 2. The summed E-state index contributed by atoms with van der Waals surface area (Å²) in [5, 5.41) is 9.91. The Morgan fingerprint density at radius 3 is 2.48 bits per heavy atom. The van der Waals surface area contributed by atoms with Crippen LogP contribution < -0.4 is 16.0 Å². The predicted octanol–water partition coefficient (Wildman–Crippen LogP) is -0.0272. The van der Waals surface area contributed by atoms with Gasteiger partial charge in [-0.25, -0.2) is 0 Å². The first-order valence-electron chi connectivity index (χ1n) is 7.60. The van der Waals surface area contributed by atoms with Gasteiger partial charge in [-0.15, -0.1) is 0 Å².